The summed E-state index contributed by atoms with van der Waals surface area (Å²) >= 11 is 0. The van der Waals surface area contributed by atoms with Gasteiger partial charge in [-0.25, -0.2) is 4.39 Å². The zero-order chi connectivity index (χ0) is 20.1. The molecule has 2 aromatic rings. The lowest BCUT2D eigenvalue weighted by Gasteiger charge is -2.36. The maximum absolute atomic E-state index is 13.8. The highest BCUT2D eigenvalue weighted by atomic mass is 19.1. The van der Waals surface area contributed by atoms with E-state index in [0.29, 0.717) is 49.0 Å². The Morgan fingerprint density at radius 2 is 1.57 bits per heavy atom. The first-order valence-electron chi connectivity index (χ1n) is 9.13. The molecular formula is C21H25FN2O4. The van der Waals surface area contributed by atoms with E-state index < -0.39 is 0 Å². The largest absolute Gasteiger partial charge is 0.493 e. The summed E-state index contributed by atoms with van der Waals surface area (Å²) in [6.45, 7) is 2.48. The molecule has 0 saturated carbocycles. The van der Waals surface area contributed by atoms with Crippen molar-refractivity contribution in [2.45, 2.75) is 6.42 Å². The number of piperazine rings is 1. The number of rotatable bonds is 6. The lowest BCUT2D eigenvalue weighted by Crippen LogP contribution is -2.49. The van der Waals surface area contributed by atoms with Crippen LogP contribution in [0.1, 0.15) is 5.56 Å². The van der Waals surface area contributed by atoms with Gasteiger partial charge < -0.3 is 24.0 Å². The van der Waals surface area contributed by atoms with Crippen LogP contribution in [0.3, 0.4) is 0 Å². The molecule has 1 saturated heterocycles. The van der Waals surface area contributed by atoms with Crippen LogP contribution < -0.4 is 19.1 Å². The highest BCUT2D eigenvalue weighted by Crippen LogP contribution is 2.41. The van der Waals surface area contributed by atoms with E-state index in [1.165, 1.54) is 6.07 Å². The summed E-state index contributed by atoms with van der Waals surface area (Å²) < 4.78 is 30.0. The molecule has 28 heavy (non-hydrogen) atoms. The molecule has 1 aliphatic rings. The average Bonchev–Trinajstić information content (AvgIpc) is 2.74. The Morgan fingerprint density at radius 1 is 0.964 bits per heavy atom. The molecule has 1 heterocycles. The summed E-state index contributed by atoms with van der Waals surface area (Å²) in [7, 11) is 4.74. The Morgan fingerprint density at radius 3 is 2.11 bits per heavy atom. The van der Waals surface area contributed by atoms with E-state index in [-0.39, 0.29) is 18.1 Å². The summed E-state index contributed by atoms with van der Waals surface area (Å²) in [5.74, 6) is 1.33. The fourth-order valence-electron chi connectivity index (χ4n) is 3.38. The van der Waals surface area contributed by atoms with E-state index in [4.69, 9.17) is 14.2 Å². The molecule has 0 spiro atoms. The predicted molar refractivity (Wildman–Crippen MR) is 105 cm³/mol. The number of ether oxygens (including phenoxy) is 3. The van der Waals surface area contributed by atoms with Crippen LogP contribution in [0.25, 0.3) is 0 Å². The molecule has 7 heteroatoms. The first-order valence-corrected chi connectivity index (χ1v) is 9.13. The van der Waals surface area contributed by atoms with Gasteiger partial charge in [0.1, 0.15) is 5.82 Å². The fraction of sp³-hybridized carbons (Fsp3) is 0.381. The molecule has 1 aliphatic heterocycles. The highest BCUT2D eigenvalue weighted by molar-refractivity contribution is 5.79. The van der Waals surface area contributed by atoms with Crippen LogP contribution in [0, 0.1) is 5.82 Å². The minimum atomic E-state index is -0.341. The number of carbonyl (C=O) groups excluding carboxylic acids is 1. The zero-order valence-electron chi connectivity index (χ0n) is 16.4. The molecule has 0 aliphatic carbocycles. The molecule has 2 aromatic carbocycles. The van der Waals surface area contributed by atoms with Crippen LogP contribution in [0.15, 0.2) is 36.4 Å². The zero-order valence-corrected chi connectivity index (χ0v) is 16.4. The standard InChI is InChI=1S/C21H25FN2O4/c1-26-18-13-16(14-19(27-2)21(18)28-3)23-8-10-24(11-9-23)20(25)12-15-6-4-5-7-17(15)22/h4-7,13-14H,8-12H2,1-3H3. The maximum Gasteiger partial charge on any atom is 0.227 e. The van der Waals surface area contributed by atoms with E-state index in [0.717, 1.165) is 5.69 Å². The third kappa shape index (κ3) is 4.13. The van der Waals surface area contributed by atoms with Gasteiger partial charge in [-0.1, -0.05) is 18.2 Å². The van der Waals surface area contributed by atoms with Gasteiger partial charge in [0.05, 0.1) is 27.8 Å². The second-order valence-electron chi connectivity index (χ2n) is 6.52. The van der Waals surface area contributed by atoms with Crippen molar-refractivity contribution >= 4 is 11.6 Å². The number of benzene rings is 2. The van der Waals surface area contributed by atoms with Crippen molar-refractivity contribution in [3.05, 3.63) is 47.8 Å². The molecule has 150 valence electrons. The van der Waals surface area contributed by atoms with Crippen molar-refractivity contribution < 1.29 is 23.4 Å². The van der Waals surface area contributed by atoms with Crippen LogP contribution in [0.4, 0.5) is 10.1 Å². The van der Waals surface area contributed by atoms with Crippen LogP contribution in [0.5, 0.6) is 17.2 Å². The quantitative estimate of drug-likeness (QED) is 0.762. The number of nitrogens with zero attached hydrogens (tertiary/aromatic N) is 2. The molecule has 0 atom stereocenters. The normalized spacial score (nSPS) is 14.0. The van der Waals surface area contributed by atoms with E-state index in [1.807, 2.05) is 12.1 Å². The number of halogens is 1. The van der Waals surface area contributed by atoms with Gasteiger partial charge >= 0.3 is 0 Å². The average molecular weight is 388 g/mol. The third-order valence-corrected chi connectivity index (χ3v) is 4.95. The Balaban J connectivity index is 1.67. The molecule has 0 unspecified atom stereocenters. The lowest BCUT2D eigenvalue weighted by atomic mass is 10.1. The van der Waals surface area contributed by atoms with Gasteiger partial charge in [-0.2, -0.15) is 0 Å². The number of carbonyl (C=O) groups is 1. The molecule has 1 amide bonds. The molecule has 6 nitrogen and oxygen atoms in total. The number of hydrogen-bond donors (Lipinski definition) is 0. The molecule has 0 radical (unpaired) electrons. The molecule has 1 fully saturated rings. The van der Waals surface area contributed by atoms with Crippen molar-refractivity contribution in [1.29, 1.82) is 0 Å². The summed E-state index contributed by atoms with van der Waals surface area (Å²) in [5, 5.41) is 0. The second kappa shape index (κ2) is 8.82. The topological polar surface area (TPSA) is 51.2 Å². The van der Waals surface area contributed by atoms with Crippen LogP contribution in [-0.2, 0) is 11.2 Å². The first-order chi connectivity index (χ1) is 13.6. The summed E-state index contributed by atoms with van der Waals surface area (Å²) in [4.78, 5) is 16.5. The fourth-order valence-corrected chi connectivity index (χ4v) is 3.38. The maximum atomic E-state index is 13.8. The number of methoxy groups -OCH3 is 3. The molecular weight excluding hydrogens is 363 g/mol. The Kier molecular flexibility index (Phi) is 6.23. The smallest absolute Gasteiger partial charge is 0.227 e. The van der Waals surface area contributed by atoms with Crippen molar-refractivity contribution in [2.75, 3.05) is 52.4 Å². The van der Waals surface area contributed by atoms with Crippen LogP contribution in [0.2, 0.25) is 0 Å². The molecule has 0 aromatic heterocycles. The van der Waals surface area contributed by atoms with E-state index in [1.54, 1.807) is 44.4 Å². The Hall–Kier alpha value is -2.96. The van der Waals surface area contributed by atoms with Gasteiger partial charge in [-0.3, -0.25) is 4.79 Å². The SMILES string of the molecule is COc1cc(N2CCN(C(=O)Cc3ccccc3F)CC2)cc(OC)c1OC. The van der Waals surface area contributed by atoms with Gasteiger partial charge in [0, 0.05) is 44.0 Å². The van der Waals surface area contributed by atoms with E-state index in [2.05, 4.69) is 4.90 Å². The monoisotopic (exact) mass is 388 g/mol. The van der Waals surface area contributed by atoms with Gasteiger partial charge in [-0.05, 0) is 11.6 Å². The van der Waals surface area contributed by atoms with Gasteiger partial charge in [0.25, 0.3) is 0 Å². The molecule has 0 bridgehead atoms. The van der Waals surface area contributed by atoms with Crippen molar-refractivity contribution in [3.8, 4) is 17.2 Å². The minimum absolute atomic E-state index is 0.0605. The van der Waals surface area contributed by atoms with Crippen molar-refractivity contribution in [2.24, 2.45) is 0 Å². The summed E-state index contributed by atoms with van der Waals surface area (Å²) in [5.41, 5.74) is 1.37. The number of anilines is 1. The van der Waals surface area contributed by atoms with Crippen molar-refractivity contribution in [3.63, 3.8) is 0 Å². The van der Waals surface area contributed by atoms with Gasteiger partial charge in [0.2, 0.25) is 11.7 Å². The van der Waals surface area contributed by atoms with Crippen LogP contribution >= 0.6 is 0 Å². The van der Waals surface area contributed by atoms with Gasteiger partial charge in [-0.15, -0.1) is 0 Å². The van der Waals surface area contributed by atoms with E-state index >= 15 is 0 Å². The minimum Gasteiger partial charge on any atom is -0.493 e. The Bertz CT molecular complexity index is 810. The third-order valence-electron chi connectivity index (χ3n) is 4.95. The summed E-state index contributed by atoms with van der Waals surface area (Å²) in [6, 6.07) is 10.2. The second-order valence-corrected chi connectivity index (χ2v) is 6.52. The Labute approximate surface area is 164 Å². The molecule has 3 rings (SSSR count). The first kappa shape index (κ1) is 19.8. The van der Waals surface area contributed by atoms with Crippen molar-refractivity contribution in [1.82, 2.24) is 4.90 Å². The lowest BCUT2D eigenvalue weighted by molar-refractivity contribution is -0.130. The molecule has 0 N–H and O–H groups in total. The number of amides is 1. The van der Waals surface area contributed by atoms with Crippen LogP contribution in [-0.4, -0.2) is 58.3 Å². The van der Waals surface area contributed by atoms with Gasteiger partial charge in [0.15, 0.2) is 11.5 Å². The predicted octanol–water partition coefficient (Wildman–Crippen LogP) is 2.74. The summed E-state index contributed by atoms with van der Waals surface area (Å²) in [6.07, 6.45) is 0.0802. The van der Waals surface area contributed by atoms with E-state index in [9.17, 15) is 9.18 Å². The number of hydrogen-bond acceptors (Lipinski definition) is 5. The highest BCUT2D eigenvalue weighted by Gasteiger charge is 2.24.